The van der Waals surface area contributed by atoms with E-state index in [1.807, 2.05) is 31.3 Å². The van der Waals surface area contributed by atoms with Gasteiger partial charge >= 0.3 is 5.97 Å². The third kappa shape index (κ3) is 2.16. The molecule has 1 N–H and O–H groups in total. The molecule has 1 aromatic carbocycles. The van der Waals surface area contributed by atoms with E-state index in [0.717, 1.165) is 30.1 Å². The summed E-state index contributed by atoms with van der Waals surface area (Å²) in [6.07, 6.45) is 0. The van der Waals surface area contributed by atoms with Gasteiger partial charge in [0.1, 0.15) is 11.5 Å². The van der Waals surface area contributed by atoms with Gasteiger partial charge in [0.2, 0.25) is 5.76 Å². The predicted molar refractivity (Wildman–Crippen MR) is 72.9 cm³/mol. The van der Waals surface area contributed by atoms with Crippen molar-refractivity contribution in [3.05, 3.63) is 41.7 Å². The van der Waals surface area contributed by atoms with E-state index in [2.05, 4.69) is 15.0 Å². The number of aromatic nitrogens is 1. The highest BCUT2D eigenvalue weighted by atomic mass is 16.5. The topological polar surface area (TPSA) is 78.9 Å². The Morgan fingerprint density at radius 1 is 1.30 bits per heavy atom. The number of amidine groups is 1. The standard InChI is InChI=1S/C14H13N3O3/c1-17-7-6-15-13(17)10-4-2-9(3-5-10)11-8-12(14(18)19)20-16-11/h2-5,8H,6-7H2,1H3,(H,18,19). The van der Waals surface area contributed by atoms with Gasteiger partial charge < -0.3 is 14.5 Å². The Balaban J connectivity index is 1.87. The molecule has 0 amide bonds. The van der Waals surface area contributed by atoms with Crippen molar-refractivity contribution in [2.45, 2.75) is 0 Å². The highest BCUT2D eigenvalue weighted by molar-refractivity contribution is 5.99. The minimum absolute atomic E-state index is 0.163. The molecule has 0 spiro atoms. The second-order valence-corrected chi connectivity index (χ2v) is 4.59. The SMILES string of the molecule is CN1CCN=C1c1ccc(-c2cc(C(=O)O)on2)cc1. The molecule has 0 atom stereocenters. The average molecular weight is 271 g/mol. The zero-order valence-electron chi connectivity index (χ0n) is 10.9. The van der Waals surface area contributed by atoms with Crippen LogP contribution in [0.2, 0.25) is 0 Å². The molecular weight excluding hydrogens is 258 g/mol. The summed E-state index contributed by atoms with van der Waals surface area (Å²) < 4.78 is 4.75. The Morgan fingerprint density at radius 3 is 2.55 bits per heavy atom. The molecule has 0 bridgehead atoms. The van der Waals surface area contributed by atoms with Crippen molar-refractivity contribution in [2.24, 2.45) is 4.99 Å². The molecule has 1 aliphatic heterocycles. The van der Waals surface area contributed by atoms with Crippen LogP contribution in [0, 0.1) is 0 Å². The lowest BCUT2D eigenvalue weighted by atomic mass is 10.1. The van der Waals surface area contributed by atoms with Crippen molar-refractivity contribution in [2.75, 3.05) is 20.1 Å². The molecule has 0 fully saturated rings. The van der Waals surface area contributed by atoms with Crippen LogP contribution in [0.4, 0.5) is 0 Å². The Morgan fingerprint density at radius 2 is 2.00 bits per heavy atom. The van der Waals surface area contributed by atoms with Crippen LogP contribution in [-0.2, 0) is 0 Å². The second-order valence-electron chi connectivity index (χ2n) is 4.59. The minimum atomic E-state index is -1.12. The third-order valence-electron chi connectivity index (χ3n) is 3.22. The molecular formula is C14H13N3O3. The van der Waals surface area contributed by atoms with Crippen LogP contribution in [0.25, 0.3) is 11.3 Å². The summed E-state index contributed by atoms with van der Waals surface area (Å²) in [6.45, 7) is 1.75. The van der Waals surface area contributed by atoms with Gasteiger partial charge in [0.15, 0.2) is 0 Å². The number of hydrogen-bond donors (Lipinski definition) is 1. The molecule has 20 heavy (non-hydrogen) atoms. The Labute approximate surface area is 115 Å². The first-order valence-electron chi connectivity index (χ1n) is 6.21. The van der Waals surface area contributed by atoms with Crippen LogP contribution in [0.1, 0.15) is 16.1 Å². The summed E-state index contributed by atoms with van der Waals surface area (Å²) in [5.74, 6) is -0.311. The van der Waals surface area contributed by atoms with Crippen molar-refractivity contribution in [1.82, 2.24) is 10.1 Å². The quantitative estimate of drug-likeness (QED) is 0.919. The first kappa shape index (κ1) is 12.4. The fourth-order valence-corrected chi connectivity index (χ4v) is 2.15. The lowest BCUT2D eigenvalue weighted by molar-refractivity contribution is 0.0652. The first-order valence-corrected chi connectivity index (χ1v) is 6.21. The van der Waals surface area contributed by atoms with Gasteiger partial charge in [-0.2, -0.15) is 0 Å². The summed E-state index contributed by atoms with van der Waals surface area (Å²) in [5.41, 5.74) is 2.36. The zero-order chi connectivity index (χ0) is 14.1. The van der Waals surface area contributed by atoms with Gasteiger partial charge in [-0.15, -0.1) is 0 Å². The Hall–Kier alpha value is -2.63. The van der Waals surface area contributed by atoms with E-state index >= 15 is 0 Å². The lowest BCUT2D eigenvalue weighted by Crippen LogP contribution is -2.23. The highest BCUT2D eigenvalue weighted by Crippen LogP contribution is 2.21. The first-order chi connectivity index (χ1) is 9.65. The second kappa shape index (κ2) is 4.80. The minimum Gasteiger partial charge on any atom is -0.475 e. The summed E-state index contributed by atoms with van der Waals surface area (Å²) >= 11 is 0. The van der Waals surface area contributed by atoms with Crippen LogP contribution >= 0.6 is 0 Å². The molecule has 0 aliphatic carbocycles. The number of carboxylic acid groups (broad SMARTS) is 1. The fourth-order valence-electron chi connectivity index (χ4n) is 2.15. The Kier molecular flexibility index (Phi) is 2.98. The highest BCUT2D eigenvalue weighted by Gasteiger charge is 2.15. The van der Waals surface area contributed by atoms with Crippen LogP contribution < -0.4 is 0 Å². The molecule has 6 nitrogen and oxygen atoms in total. The summed E-state index contributed by atoms with van der Waals surface area (Å²) in [4.78, 5) is 17.3. The summed E-state index contributed by atoms with van der Waals surface area (Å²) in [5, 5.41) is 12.6. The number of carboxylic acids is 1. The number of benzene rings is 1. The van der Waals surface area contributed by atoms with Crippen LogP contribution in [0.15, 0.2) is 39.8 Å². The maximum absolute atomic E-state index is 10.8. The van der Waals surface area contributed by atoms with Crippen molar-refractivity contribution < 1.29 is 14.4 Å². The van der Waals surface area contributed by atoms with E-state index in [1.165, 1.54) is 6.07 Å². The summed E-state index contributed by atoms with van der Waals surface area (Å²) in [6, 6.07) is 9.08. The van der Waals surface area contributed by atoms with Crippen molar-refractivity contribution in [3.8, 4) is 11.3 Å². The van der Waals surface area contributed by atoms with Crippen molar-refractivity contribution in [3.63, 3.8) is 0 Å². The van der Waals surface area contributed by atoms with Crippen LogP contribution in [0.3, 0.4) is 0 Å². The van der Waals surface area contributed by atoms with Crippen molar-refractivity contribution in [1.29, 1.82) is 0 Å². The van der Waals surface area contributed by atoms with Gasteiger partial charge in [0.25, 0.3) is 0 Å². The van der Waals surface area contributed by atoms with Gasteiger partial charge in [0.05, 0.1) is 6.54 Å². The van der Waals surface area contributed by atoms with E-state index in [9.17, 15) is 4.79 Å². The average Bonchev–Trinajstić information content (AvgIpc) is 3.07. The summed E-state index contributed by atoms with van der Waals surface area (Å²) in [7, 11) is 2.01. The lowest BCUT2D eigenvalue weighted by Gasteiger charge is -2.13. The Bertz CT molecular complexity index is 673. The van der Waals surface area contributed by atoms with Gasteiger partial charge in [0, 0.05) is 30.8 Å². The monoisotopic (exact) mass is 271 g/mol. The molecule has 6 heteroatoms. The molecule has 1 aromatic heterocycles. The van der Waals surface area contributed by atoms with Crippen LogP contribution in [0.5, 0.6) is 0 Å². The number of aromatic carboxylic acids is 1. The molecule has 2 aromatic rings. The van der Waals surface area contributed by atoms with Gasteiger partial charge in [-0.05, 0) is 0 Å². The molecule has 0 saturated carbocycles. The number of rotatable bonds is 3. The number of hydrogen-bond acceptors (Lipinski definition) is 5. The number of carbonyl (C=O) groups is 1. The van der Waals surface area contributed by atoms with E-state index in [4.69, 9.17) is 9.63 Å². The number of nitrogens with zero attached hydrogens (tertiary/aromatic N) is 3. The largest absolute Gasteiger partial charge is 0.475 e. The molecule has 0 radical (unpaired) electrons. The maximum atomic E-state index is 10.8. The molecule has 3 rings (SSSR count). The number of aliphatic imine (C=N–C) groups is 1. The van der Waals surface area contributed by atoms with E-state index in [-0.39, 0.29) is 5.76 Å². The maximum Gasteiger partial charge on any atom is 0.374 e. The van der Waals surface area contributed by atoms with Gasteiger partial charge in [-0.3, -0.25) is 4.99 Å². The number of likely N-dealkylation sites (N-methyl/N-ethyl adjacent to an activating group) is 1. The third-order valence-corrected chi connectivity index (χ3v) is 3.22. The smallest absolute Gasteiger partial charge is 0.374 e. The zero-order valence-corrected chi connectivity index (χ0v) is 10.9. The van der Waals surface area contributed by atoms with Crippen molar-refractivity contribution >= 4 is 11.8 Å². The predicted octanol–water partition coefficient (Wildman–Crippen LogP) is 1.73. The van der Waals surface area contributed by atoms with Gasteiger partial charge in [-0.25, -0.2) is 4.79 Å². The fraction of sp³-hybridized carbons (Fsp3) is 0.214. The van der Waals surface area contributed by atoms with E-state index in [1.54, 1.807) is 0 Å². The molecule has 1 aliphatic rings. The normalized spacial score (nSPS) is 14.4. The molecule has 0 saturated heterocycles. The van der Waals surface area contributed by atoms with Crippen LogP contribution in [-0.4, -0.2) is 47.1 Å². The van der Waals surface area contributed by atoms with E-state index < -0.39 is 5.97 Å². The molecule has 2 heterocycles. The molecule has 102 valence electrons. The molecule has 0 unspecified atom stereocenters. The van der Waals surface area contributed by atoms with Gasteiger partial charge in [-0.1, -0.05) is 29.4 Å². The van der Waals surface area contributed by atoms with E-state index in [0.29, 0.717) is 5.69 Å².